The second kappa shape index (κ2) is 11.2. The van der Waals surface area contributed by atoms with Crippen LogP contribution in [-0.4, -0.2) is 39.0 Å². The predicted octanol–water partition coefficient (Wildman–Crippen LogP) is 4.11. The molecular weight excluding hydrogens is 538 g/mol. The zero-order valence-corrected chi connectivity index (χ0v) is 23.1. The minimum Gasteiger partial charge on any atom is -0.322 e. The minimum atomic E-state index is -3.93. The fourth-order valence-corrected chi connectivity index (χ4v) is 5.63. The molecule has 39 heavy (non-hydrogen) atoms. The number of anilines is 3. The lowest BCUT2D eigenvalue weighted by Crippen LogP contribution is -2.29. The van der Waals surface area contributed by atoms with Crippen molar-refractivity contribution in [2.45, 2.75) is 25.3 Å². The highest BCUT2D eigenvalue weighted by atomic mass is 32.2. The van der Waals surface area contributed by atoms with Crippen LogP contribution >= 0.6 is 0 Å². The molecule has 10 nitrogen and oxygen atoms in total. The summed E-state index contributed by atoms with van der Waals surface area (Å²) < 4.78 is 53.9. The van der Waals surface area contributed by atoms with Crippen LogP contribution in [0.3, 0.4) is 0 Å². The highest BCUT2D eigenvalue weighted by Crippen LogP contribution is 2.22. The number of sulfonamides is 2. The number of nitrogens with one attached hydrogen (secondary N) is 2. The van der Waals surface area contributed by atoms with Crippen molar-refractivity contribution in [2.75, 3.05) is 20.6 Å². The summed E-state index contributed by atoms with van der Waals surface area (Å²) in [6, 6.07) is 22.8. The van der Waals surface area contributed by atoms with Crippen molar-refractivity contribution in [1.29, 1.82) is 0 Å². The van der Waals surface area contributed by atoms with Gasteiger partial charge in [-0.25, -0.2) is 31.5 Å². The molecule has 12 heteroatoms. The number of amides is 1. The van der Waals surface area contributed by atoms with E-state index in [0.717, 1.165) is 11.8 Å². The van der Waals surface area contributed by atoms with Gasteiger partial charge in [0.2, 0.25) is 16.0 Å². The maximum Gasteiger partial charge on any atom is 0.264 e. The molecule has 0 radical (unpaired) electrons. The first kappa shape index (κ1) is 27.7. The number of aromatic nitrogens is 2. The van der Waals surface area contributed by atoms with E-state index >= 15 is 0 Å². The molecule has 1 amide bonds. The van der Waals surface area contributed by atoms with Gasteiger partial charge >= 0.3 is 0 Å². The molecule has 0 fully saturated rings. The van der Waals surface area contributed by atoms with E-state index in [1.54, 1.807) is 32.0 Å². The van der Waals surface area contributed by atoms with Crippen molar-refractivity contribution in [3.8, 4) is 0 Å². The standard InChI is InChI=1S/C27H27N5O5S2/c1-19-17-20(2)29-27(28-19)31-39(36,37)25-15-11-23(12-16-25)30-26(33)22-9-13-24(14-10-22)32(38(3,34)35)18-21-7-5-4-6-8-21/h4-17H,18H2,1-3H3,(H,30,33)(H,28,29,31). The van der Waals surface area contributed by atoms with Crippen LogP contribution in [0.5, 0.6) is 0 Å². The number of benzene rings is 3. The molecule has 0 unspecified atom stereocenters. The number of carbonyl (C=O) groups excluding carboxylic acids is 1. The van der Waals surface area contributed by atoms with Crippen LogP contribution < -0.4 is 14.3 Å². The molecule has 1 heterocycles. The molecule has 0 saturated carbocycles. The molecular formula is C27H27N5O5S2. The van der Waals surface area contributed by atoms with Gasteiger partial charge in [0, 0.05) is 22.6 Å². The number of hydrogen-bond acceptors (Lipinski definition) is 7. The van der Waals surface area contributed by atoms with Crippen molar-refractivity contribution in [3.05, 3.63) is 107 Å². The van der Waals surface area contributed by atoms with Gasteiger partial charge in [-0.05, 0) is 74.0 Å². The van der Waals surface area contributed by atoms with Crippen LogP contribution in [0.2, 0.25) is 0 Å². The Hall–Kier alpha value is -4.29. The molecule has 0 aliphatic rings. The monoisotopic (exact) mass is 565 g/mol. The van der Waals surface area contributed by atoms with Crippen LogP contribution in [0.4, 0.5) is 17.3 Å². The number of carbonyl (C=O) groups is 1. The zero-order valence-electron chi connectivity index (χ0n) is 21.5. The first-order valence-corrected chi connectivity index (χ1v) is 15.1. The lowest BCUT2D eigenvalue weighted by Gasteiger charge is -2.22. The van der Waals surface area contributed by atoms with Gasteiger partial charge in [0.1, 0.15) is 0 Å². The lowest BCUT2D eigenvalue weighted by molar-refractivity contribution is 0.102. The molecule has 0 bridgehead atoms. The quantitative estimate of drug-likeness (QED) is 0.311. The topological polar surface area (TPSA) is 138 Å². The van der Waals surface area contributed by atoms with Crippen molar-refractivity contribution in [2.24, 2.45) is 0 Å². The predicted molar refractivity (Wildman–Crippen MR) is 151 cm³/mol. The maximum absolute atomic E-state index is 12.8. The van der Waals surface area contributed by atoms with Gasteiger partial charge in [0.25, 0.3) is 15.9 Å². The van der Waals surface area contributed by atoms with E-state index in [4.69, 9.17) is 0 Å². The summed E-state index contributed by atoms with van der Waals surface area (Å²) in [4.78, 5) is 20.9. The molecule has 202 valence electrons. The molecule has 0 saturated heterocycles. The highest BCUT2D eigenvalue weighted by Gasteiger charge is 2.19. The second-order valence-electron chi connectivity index (χ2n) is 8.86. The Labute approximate surface area is 227 Å². The summed E-state index contributed by atoms with van der Waals surface area (Å²) in [7, 11) is -7.50. The Morgan fingerprint density at radius 2 is 1.41 bits per heavy atom. The highest BCUT2D eigenvalue weighted by molar-refractivity contribution is 7.92. The molecule has 4 rings (SSSR count). The fraction of sp³-hybridized carbons (Fsp3) is 0.148. The van der Waals surface area contributed by atoms with Gasteiger partial charge in [-0.15, -0.1) is 0 Å². The molecule has 0 atom stereocenters. The molecule has 0 spiro atoms. The van der Waals surface area contributed by atoms with Crippen LogP contribution in [0.25, 0.3) is 0 Å². The Morgan fingerprint density at radius 1 is 0.821 bits per heavy atom. The van der Waals surface area contributed by atoms with Crippen molar-refractivity contribution < 1.29 is 21.6 Å². The van der Waals surface area contributed by atoms with E-state index in [1.165, 1.54) is 40.7 Å². The van der Waals surface area contributed by atoms with Crippen LogP contribution in [0.15, 0.2) is 89.8 Å². The van der Waals surface area contributed by atoms with Gasteiger partial charge < -0.3 is 5.32 Å². The van der Waals surface area contributed by atoms with E-state index in [1.807, 2.05) is 30.3 Å². The summed E-state index contributed by atoms with van der Waals surface area (Å²) >= 11 is 0. The number of nitrogens with zero attached hydrogens (tertiary/aromatic N) is 3. The van der Waals surface area contributed by atoms with E-state index < -0.39 is 26.0 Å². The molecule has 0 aliphatic carbocycles. The molecule has 3 aromatic carbocycles. The third-order valence-electron chi connectivity index (χ3n) is 5.62. The molecule has 2 N–H and O–H groups in total. The Balaban J connectivity index is 1.45. The Morgan fingerprint density at radius 3 is 1.97 bits per heavy atom. The van der Waals surface area contributed by atoms with E-state index in [9.17, 15) is 21.6 Å². The van der Waals surface area contributed by atoms with Crippen molar-refractivity contribution in [3.63, 3.8) is 0 Å². The van der Waals surface area contributed by atoms with Crippen molar-refractivity contribution >= 4 is 43.3 Å². The molecule has 4 aromatic rings. The largest absolute Gasteiger partial charge is 0.322 e. The fourth-order valence-electron chi connectivity index (χ4n) is 3.80. The summed E-state index contributed by atoms with van der Waals surface area (Å²) in [6.45, 7) is 3.64. The van der Waals surface area contributed by atoms with Gasteiger partial charge in [-0.2, -0.15) is 0 Å². The summed E-state index contributed by atoms with van der Waals surface area (Å²) in [5.41, 5.74) is 3.20. The average molecular weight is 566 g/mol. The first-order chi connectivity index (χ1) is 18.4. The average Bonchev–Trinajstić information content (AvgIpc) is 2.87. The minimum absolute atomic E-state index is 0.0214. The van der Waals surface area contributed by atoms with Crippen LogP contribution in [0.1, 0.15) is 27.3 Å². The number of hydrogen-bond donors (Lipinski definition) is 2. The maximum atomic E-state index is 12.8. The first-order valence-electron chi connectivity index (χ1n) is 11.8. The SMILES string of the molecule is Cc1cc(C)nc(NS(=O)(=O)c2ccc(NC(=O)c3ccc(N(Cc4ccccc4)S(C)(=O)=O)cc3)cc2)n1. The van der Waals surface area contributed by atoms with E-state index in [0.29, 0.717) is 28.3 Å². The van der Waals surface area contributed by atoms with Gasteiger partial charge in [0.05, 0.1) is 23.4 Å². The van der Waals surface area contributed by atoms with Crippen LogP contribution in [-0.2, 0) is 26.6 Å². The third kappa shape index (κ3) is 7.18. The Bertz CT molecular complexity index is 1670. The number of aryl methyl sites for hydroxylation is 2. The smallest absolute Gasteiger partial charge is 0.264 e. The van der Waals surface area contributed by atoms with E-state index in [-0.39, 0.29) is 17.4 Å². The Kier molecular flexibility index (Phi) is 7.98. The second-order valence-corrected chi connectivity index (χ2v) is 12.4. The molecule has 1 aromatic heterocycles. The summed E-state index contributed by atoms with van der Waals surface area (Å²) in [6.07, 6.45) is 1.13. The molecule has 0 aliphatic heterocycles. The third-order valence-corrected chi connectivity index (χ3v) is 8.10. The summed E-state index contributed by atoms with van der Waals surface area (Å²) in [5.74, 6) is -0.459. The zero-order chi connectivity index (χ0) is 28.2. The van der Waals surface area contributed by atoms with Gasteiger partial charge in [-0.3, -0.25) is 9.10 Å². The van der Waals surface area contributed by atoms with Gasteiger partial charge in [0.15, 0.2) is 0 Å². The van der Waals surface area contributed by atoms with Gasteiger partial charge in [-0.1, -0.05) is 30.3 Å². The lowest BCUT2D eigenvalue weighted by atomic mass is 10.1. The summed E-state index contributed by atoms with van der Waals surface area (Å²) in [5, 5.41) is 2.71. The van der Waals surface area contributed by atoms with E-state index in [2.05, 4.69) is 20.0 Å². The van der Waals surface area contributed by atoms with Crippen LogP contribution in [0, 0.1) is 13.8 Å². The van der Waals surface area contributed by atoms with Crippen molar-refractivity contribution in [1.82, 2.24) is 9.97 Å². The number of rotatable bonds is 9. The normalized spacial score (nSPS) is 11.6.